The van der Waals surface area contributed by atoms with Crippen molar-refractivity contribution in [2.45, 2.75) is 0 Å². The Morgan fingerprint density at radius 2 is 2.00 bits per heavy atom. The van der Waals surface area contributed by atoms with Crippen LogP contribution in [0.15, 0.2) is 12.2 Å². The maximum Gasteiger partial charge on any atom is 0.328 e. The van der Waals surface area contributed by atoms with Crippen molar-refractivity contribution in [2.75, 3.05) is 13.2 Å². The van der Waals surface area contributed by atoms with E-state index in [2.05, 4.69) is 5.32 Å². The molecule has 3 N–H and O–H groups in total. The first-order chi connectivity index (χ1) is 5.16. The molecule has 0 aliphatic rings. The third-order valence-electron chi connectivity index (χ3n) is 0.788. The molecule has 0 saturated carbocycles. The Labute approximate surface area is 63.3 Å². The summed E-state index contributed by atoms with van der Waals surface area (Å²) in [6, 6.07) is 0. The minimum Gasteiger partial charge on any atom is -0.478 e. The number of carboxylic acid groups (broad SMARTS) is 1. The van der Waals surface area contributed by atoms with Gasteiger partial charge in [0.05, 0.1) is 6.61 Å². The number of hydrogen-bond donors (Lipinski definition) is 3. The van der Waals surface area contributed by atoms with E-state index in [9.17, 15) is 9.59 Å². The lowest BCUT2D eigenvalue weighted by Crippen LogP contribution is -2.24. The molecule has 0 atom stereocenters. The van der Waals surface area contributed by atoms with Crippen molar-refractivity contribution >= 4 is 11.9 Å². The summed E-state index contributed by atoms with van der Waals surface area (Å²) in [5, 5.41) is 18.6. The van der Waals surface area contributed by atoms with Crippen LogP contribution >= 0.6 is 0 Å². The molecule has 0 heterocycles. The van der Waals surface area contributed by atoms with E-state index in [0.29, 0.717) is 0 Å². The van der Waals surface area contributed by atoms with E-state index in [1.165, 1.54) is 0 Å². The van der Waals surface area contributed by atoms with Crippen LogP contribution in [0.25, 0.3) is 0 Å². The van der Waals surface area contributed by atoms with E-state index in [0.717, 1.165) is 12.2 Å². The van der Waals surface area contributed by atoms with Crippen LogP contribution in [0.5, 0.6) is 0 Å². The molecule has 0 aliphatic carbocycles. The lowest BCUT2D eigenvalue weighted by molar-refractivity contribution is -0.131. The smallest absolute Gasteiger partial charge is 0.328 e. The summed E-state index contributed by atoms with van der Waals surface area (Å²) in [5.74, 6) is -1.70. The molecular weight excluding hydrogens is 150 g/mol. The van der Waals surface area contributed by atoms with Gasteiger partial charge in [-0.1, -0.05) is 0 Å². The van der Waals surface area contributed by atoms with Crippen molar-refractivity contribution in [3.8, 4) is 0 Å². The van der Waals surface area contributed by atoms with Crippen LogP contribution < -0.4 is 5.32 Å². The number of carboxylic acids is 1. The van der Waals surface area contributed by atoms with Gasteiger partial charge in [-0.05, 0) is 0 Å². The van der Waals surface area contributed by atoms with Crippen molar-refractivity contribution < 1.29 is 19.8 Å². The van der Waals surface area contributed by atoms with Crippen LogP contribution in [0.4, 0.5) is 0 Å². The van der Waals surface area contributed by atoms with Crippen LogP contribution in [0.2, 0.25) is 0 Å². The first kappa shape index (κ1) is 9.64. The summed E-state index contributed by atoms with van der Waals surface area (Å²) < 4.78 is 0. The van der Waals surface area contributed by atoms with E-state index in [4.69, 9.17) is 10.2 Å². The molecule has 62 valence electrons. The number of hydrogen-bond acceptors (Lipinski definition) is 3. The van der Waals surface area contributed by atoms with Crippen molar-refractivity contribution in [1.82, 2.24) is 5.32 Å². The average Bonchev–Trinajstić information content (AvgIpc) is 1.97. The number of nitrogens with one attached hydrogen (secondary N) is 1. The zero-order chi connectivity index (χ0) is 8.69. The van der Waals surface area contributed by atoms with E-state index >= 15 is 0 Å². The molecule has 5 nitrogen and oxygen atoms in total. The third kappa shape index (κ3) is 6.53. The zero-order valence-corrected chi connectivity index (χ0v) is 5.78. The van der Waals surface area contributed by atoms with Crippen molar-refractivity contribution in [3.63, 3.8) is 0 Å². The predicted octanol–water partition coefficient (Wildman–Crippen LogP) is -1.26. The largest absolute Gasteiger partial charge is 0.478 e. The normalized spacial score (nSPS) is 9.91. The van der Waals surface area contributed by atoms with E-state index in [1.54, 1.807) is 0 Å². The van der Waals surface area contributed by atoms with Crippen LogP contribution in [-0.4, -0.2) is 35.2 Å². The quantitative estimate of drug-likeness (QED) is 0.446. The molecule has 1 amide bonds. The van der Waals surface area contributed by atoms with Gasteiger partial charge >= 0.3 is 5.97 Å². The summed E-state index contributed by atoms with van der Waals surface area (Å²) in [6.07, 6.45) is 1.62. The standard InChI is InChI=1S/C6H9NO4/c8-4-3-7-5(9)1-2-6(10)11/h1-2,8H,3-4H2,(H,7,9)(H,10,11). The van der Waals surface area contributed by atoms with Gasteiger partial charge in [0.2, 0.25) is 5.91 Å². The van der Waals surface area contributed by atoms with Crippen molar-refractivity contribution in [1.29, 1.82) is 0 Å². The molecule has 0 aromatic rings. The fraction of sp³-hybridized carbons (Fsp3) is 0.333. The highest BCUT2D eigenvalue weighted by atomic mass is 16.4. The van der Waals surface area contributed by atoms with Gasteiger partial charge in [0.15, 0.2) is 0 Å². The second kappa shape index (κ2) is 5.43. The summed E-state index contributed by atoms with van der Waals surface area (Å²) in [4.78, 5) is 20.4. The maximum atomic E-state index is 10.5. The molecule has 0 aromatic heterocycles. The molecule has 11 heavy (non-hydrogen) atoms. The number of rotatable bonds is 4. The van der Waals surface area contributed by atoms with Gasteiger partial charge in [0, 0.05) is 18.7 Å². The van der Waals surface area contributed by atoms with E-state index in [1.807, 2.05) is 0 Å². The summed E-state index contributed by atoms with van der Waals surface area (Å²) >= 11 is 0. The summed E-state index contributed by atoms with van der Waals surface area (Å²) in [7, 11) is 0. The second-order valence-electron chi connectivity index (χ2n) is 1.69. The van der Waals surface area contributed by atoms with Gasteiger partial charge in [-0.3, -0.25) is 4.79 Å². The molecule has 0 saturated heterocycles. The van der Waals surface area contributed by atoms with Crippen molar-refractivity contribution in [2.24, 2.45) is 0 Å². The number of aliphatic hydroxyl groups is 1. The van der Waals surface area contributed by atoms with Gasteiger partial charge in [-0.2, -0.15) is 0 Å². The SMILES string of the molecule is O=C(O)C=CC(=O)NCCO. The Bertz CT molecular complexity index is 175. The predicted molar refractivity (Wildman–Crippen MR) is 36.9 cm³/mol. The van der Waals surface area contributed by atoms with Crippen LogP contribution in [0.3, 0.4) is 0 Å². The first-order valence-electron chi connectivity index (χ1n) is 2.96. The molecule has 0 aromatic carbocycles. The minimum atomic E-state index is -1.18. The van der Waals surface area contributed by atoms with Gasteiger partial charge in [0.1, 0.15) is 0 Å². The molecule has 0 fully saturated rings. The number of aliphatic hydroxyl groups excluding tert-OH is 1. The topological polar surface area (TPSA) is 86.6 Å². The molecule has 0 spiro atoms. The highest BCUT2D eigenvalue weighted by Crippen LogP contribution is 1.73. The number of amides is 1. The molecule has 5 heteroatoms. The van der Waals surface area contributed by atoms with Crippen LogP contribution in [0.1, 0.15) is 0 Å². The Hall–Kier alpha value is -1.36. The summed E-state index contributed by atoms with van der Waals surface area (Å²) in [5.41, 5.74) is 0. The van der Waals surface area contributed by atoms with Crippen LogP contribution in [-0.2, 0) is 9.59 Å². The van der Waals surface area contributed by atoms with Gasteiger partial charge in [-0.15, -0.1) is 0 Å². The van der Waals surface area contributed by atoms with Gasteiger partial charge in [0.25, 0.3) is 0 Å². The van der Waals surface area contributed by atoms with Crippen molar-refractivity contribution in [3.05, 3.63) is 12.2 Å². The Balaban J connectivity index is 3.60. The minimum absolute atomic E-state index is 0.128. The second-order valence-corrected chi connectivity index (χ2v) is 1.69. The van der Waals surface area contributed by atoms with E-state index in [-0.39, 0.29) is 13.2 Å². The van der Waals surface area contributed by atoms with Crippen LogP contribution in [0, 0.1) is 0 Å². The molecule has 0 unspecified atom stereocenters. The lowest BCUT2D eigenvalue weighted by atomic mass is 10.4. The Morgan fingerprint density at radius 1 is 1.36 bits per heavy atom. The molecular formula is C6H9NO4. The lowest BCUT2D eigenvalue weighted by Gasteiger charge is -1.95. The highest BCUT2D eigenvalue weighted by Gasteiger charge is 1.93. The monoisotopic (exact) mass is 159 g/mol. The van der Waals surface area contributed by atoms with Gasteiger partial charge in [-0.25, -0.2) is 4.79 Å². The van der Waals surface area contributed by atoms with E-state index < -0.39 is 11.9 Å². The molecule has 0 aliphatic heterocycles. The maximum absolute atomic E-state index is 10.5. The average molecular weight is 159 g/mol. The number of carbonyl (C=O) groups is 2. The molecule has 0 bridgehead atoms. The fourth-order valence-electron chi connectivity index (χ4n) is 0.385. The Kier molecular flexibility index (Phi) is 4.76. The zero-order valence-electron chi connectivity index (χ0n) is 5.78. The number of aliphatic carboxylic acids is 1. The fourth-order valence-corrected chi connectivity index (χ4v) is 0.385. The third-order valence-corrected chi connectivity index (χ3v) is 0.788. The Morgan fingerprint density at radius 3 is 2.45 bits per heavy atom. The highest BCUT2D eigenvalue weighted by molar-refractivity contribution is 5.93. The van der Waals surface area contributed by atoms with Gasteiger partial charge < -0.3 is 15.5 Å². The molecule has 0 rings (SSSR count). The molecule has 0 radical (unpaired) electrons. The first-order valence-corrected chi connectivity index (χ1v) is 2.96. The number of carbonyl (C=O) groups excluding carboxylic acids is 1. The summed E-state index contributed by atoms with van der Waals surface area (Å²) in [6.45, 7) is -0.0323.